The van der Waals surface area contributed by atoms with Gasteiger partial charge < -0.3 is 5.32 Å². The quantitative estimate of drug-likeness (QED) is 0.775. The van der Waals surface area contributed by atoms with E-state index in [1.165, 1.54) is 26.2 Å². The molecule has 0 spiro atoms. The molecule has 2 rings (SSSR count). The number of aryl methyl sites for hydroxylation is 1. The fourth-order valence-electron chi connectivity index (χ4n) is 2.27. The first kappa shape index (κ1) is 14.7. The highest BCUT2D eigenvalue weighted by molar-refractivity contribution is 14.1. The van der Waals surface area contributed by atoms with Gasteiger partial charge in [0.15, 0.2) is 9.84 Å². The van der Waals surface area contributed by atoms with E-state index in [0.29, 0.717) is 12.6 Å². The summed E-state index contributed by atoms with van der Waals surface area (Å²) in [5, 5.41) is 3.41. The summed E-state index contributed by atoms with van der Waals surface area (Å²) in [5.74, 6) is 0.484. The number of thiophene rings is 1. The lowest BCUT2D eigenvalue weighted by molar-refractivity contribution is 0.475. The zero-order chi connectivity index (χ0) is 13.2. The van der Waals surface area contributed by atoms with Gasteiger partial charge in [0.1, 0.15) is 0 Å². The minimum Gasteiger partial charge on any atom is -0.309 e. The van der Waals surface area contributed by atoms with Gasteiger partial charge in [0.2, 0.25) is 0 Å². The molecule has 3 nitrogen and oxygen atoms in total. The second-order valence-electron chi connectivity index (χ2n) is 4.56. The fraction of sp³-hybridized carbons (Fsp3) is 0.667. The van der Waals surface area contributed by atoms with Crippen LogP contribution in [0.3, 0.4) is 0 Å². The monoisotopic (exact) mass is 399 g/mol. The molecular formula is C12H18INO2S2. The summed E-state index contributed by atoms with van der Waals surface area (Å²) in [6.45, 7) is 2.27. The number of sulfone groups is 1. The largest absolute Gasteiger partial charge is 0.309 e. The molecule has 0 radical (unpaired) electrons. The Hall–Kier alpha value is 0.340. The van der Waals surface area contributed by atoms with Gasteiger partial charge in [-0.25, -0.2) is 8.42 Å². The van der Waals surface area contributed by atoms with E-state index >= 15 is 0 Å². The molecule has 1 N–H and O–H groups in total. The molecule has 0 amide bonds. The predicted octanol–water partition coefficient (Wildman–Crippen LogP) is 2.75. The van der Waals surface area contributed by atoms with Crippen LogP contribution in [0.4, 0.5) is 0 Å². The fourth-order valence-corrected chi connectivity index (χ4v) is 5.10. The van der Waals surface area contributed by atoms with Crippen LogP contribution in [0.15, 0.2) is 6.07 Å². The third-order valence-electron chi connectivity index (χ3n) is 3.33. The van der Waals surface area contributed by atoms with E-state index in [-0.39, 0.29) is 11.5 Å². The first-order valence-corrected chi connectivity index (χ1v) is 9.95. The minimum absolute atomic E-state index is 0.237. The highest BCUT2D eigenvalue weighted by atomic mass is 127. The number of nitrogens with one attached hydrogen (secondary N) is 1. The molecule has 0 aliphatic heterocycles. The van der Waals surface area contributed by atoms with E-state index in [1.54, 1.807) is 6.92 Å². The van der Waals surface area contributed by atoms with E-state index in [4.69, 9.17) is 0 Å². The Balaban J connectivity index is 1.95. The van der Waals surface area contributed by atoms with Crippen molar-refractivity contribution in [3.63, 3.8) is 0 Å². The van der Waals surface area contributed by atoms with E-state index in [1.807, 2.05) is 11.3 Å². The molecule has 1 heterocycles. The average Bonchev–Trinajstić information content (AvgIpc) is 2.70. The maximum absolute atomic E-state index is 11.5. The van der Waals surface area contributed by atoms with Gasteiger partial charge in [-0.2, -0.15) is 0 Å². The lowest BCUT2D eigenvalue weighted by atomic mass is 9.94. The smallest absolute Gasteiger partial charge is 0.151 e. The molecule has 1 aliphatic carbocycles. The van der Waals surface area contributed by atoms with Crippen LogP contribution in [-0.2, 0) is 16.3 Å². The van der Waals surface area contributed by atoms with E-state index < -0.39 is 9.84 Å². The van der Waals surface area contributed by atoms with Crippen LogP contribution in [0.5, 0.6) is 0 Å². The number of halogens is 1. The molecule has 6 heteroatoms. The van der Waals surface area contributed by atoms with Crippen molar-refractivity contribution in [3.05, 3.63) is 19.4 Å². The van der Waals surface area contributed by atoms with Gasteiger partial charge in [-0.1, -0.05) is 6.92 Å². The Labute approximate surface area is 126 Å². The van der Waals surface area contributed by atoms with E-state index in [2.05, 4.69) is 34.0 Å². The van der Waals surface area contributed by atoms with Crippen LogP contribution in [0.1, 0.15) is 36.2 Å². The van der Waals surface area contributed by atoms with Crippen molar-refractivity contribution in [3.8, 4) is 0 Å². The van der Waals surface area contributed by atoms with Gasteiger partial charge >= 0.3 is 0 Å². The molecule has 102 valence electrons. The first-order valence-electron chi connectivity index (χ1n) is 6.24. The van der Waals surface area contributed by atoms with Crippen molar-refractivity contribution in [1.82, 2.24) is 5.32 Å². The lowest BCUT2D eigenvalue weighted by Crippen LogP contribution is -2.29. The Morgan fingerprint density at radius 3 is 3.06 bits per heavy atom. The Kier molecular flexibility index (Phi) is 5.07. The standard InChI is InChI=1S/C12H18INO2S2/c1-2-18(15,16)7-6-14-10-4-3-5-11-9(10)8-12(13)17-11/h8,10,14H,2-7H2,1H3. The SMILES string of the molecule is CCS(=O)(=O)CCNC1CCCc2sc(I)cc21. The lowest BCUT2D eigenvalue weighted by Gasteiger charge is -2.23. The maximum Gasteiger partial charge on any atom is 0.151 e. The van der Waals surface area contributed by atoms with Gasteiger partial charge in [-0.3, -0.25) is 0 Å². The summed E-state index contributed by atoms with van der Waals surface area (Å²) in [6, 6.07) is 2.59. The third kappa shape index (κ3) is 3.68. The normalized spacial score (nSPS) is 19.8. The second kappa shape index (κ2) is 6.19. The van der Waals surface area contributed by atoms with Crippen LogP contribution < -0.4 is 5.32 Å². The molecule has 1 aromatic heterocycles. The summed E-state index contributed by atoms with van der Waals surface area (Å²) in [7, 11) is -2.85. The van der Waals surface area contributed by atoms with Crippen molar-refractivity contribution in [2.24, 2.45) is 0 Å². The maximum atomic E-state index is 11.5. The molecule has 0 saturated heterocycles. The first-order chi connectivity index (χ1) is 8.52. The van der Waals surface area contributed by atoms with Crippen molar-refractivity contribution in [1.29, 1.82) is 0 Å². The number of rotatable bonds is 5. The Morgan fingerprint density at radius 2 is 2.33 bits per heavy atom. The van der Waals surface area contributed by atoms with E-state index in [0.717, 1.165) is 6.42 Å². The molecule has 1 unspecified atom stereocenters. The Bertz CT molecular complexity index is 510. The van der Waals surface area contributed by atoms with Crippen LogP contribution >= 0.6 is 33.9 Å². The van der Waals surface area contributed by atoms with E-state index in [9.17, 15) is 8.42 Å². The van der Waals surface area contributed by atoms with Crippen LogP contribution in [0, 0.1) is 2.88 Å². The number of hydrogen-bond donors (Lipinski definition) is 1. The topological polar surface area (TPSA) is 46.2 Å². The summed E-state index contributed by atoms with van der Waals surface area (Å²) in [6.07, 6.45) is 3.49. The average molecular weight is 399 g/mol. The molecule has 0 bridgehead atoms. The molecule has 0 aromatic carbocycles. The highest BCUT2D eigenvalue weighted by Gasteiger charge is 2.22. The Morgan fingerprint density at radius 1 is 1.56 bits per heavy atom. The molecule has 0 fully saturated rings. The third-order valence-corrected chi connectivity index (χ3v) is 7.00. The molecule has 1 aliphatic rings. The van der Waals surface area contributed by atoms with Gasteiger partial charge in [0.25, 0.3) is 0 Å². The molecule has 1 atom stereocenters. The second-order valence-corrected chi connectivity index (χ2v) is 10.1. The van der Waals surface area contributed by atoms with Crippen molar-refractivity contribution in [2.45, 2.75) is 32.2 Å². The van der Waals surface area contributed by atoms with Gasteiger partial charge in [-0.05, 0) is 53.5 Å². The minimum atomic E-state index is -2.85. The summed E-state index contributed by atoms with van der Waals surface area (Å²) in [5.41, 5.74) is 1.39. The van der Waals surface area contributed by atoms with Crippen LogP contribution in [0.2, 0.25) is 0 Å². The molecular weight excluding hydrogens is 381 g/mol. The van der Waals surface area contributed by atoms with Crippen molar-refractivity contribution in [2.75, 3.05) is 18.1 Å². The van der Waals surface area contributed by atoms with Crippen molar-refractivity contribution >= 4 is 43.8 Å². The zero-order valence-corrected chi connectivity index (χ0v) is 14.2. The van der Waals surface area contributed by atoms with Crippen LogP contribution in [-0.4, -0.2) is 26.5 Å². The highest BCUT2D eigenvalue weighted by Crippen LogP contribution is 2.36. The van der Waals surface area contributed by atoms with Gasteiger partial charge in [0.05, 0.1) is 8.64 Å². The molecule has 0 saturated carbocycles. The molecule has 18 heavy (non-hydrogen) atoms. The zero-order valence-electron chi connectivity index (χ0n) is 10.4. The summed E-state index contributed by atoms with van der Waals surface area (Å²) < 4.78 is 24.2. The molecule has 1 aromatic rings. The van der Waals surface area contributed by atoms with Gasteiger partial charge in [-0.15, -0.1) is 11.3 Å². The van der Waals surface area contributed by atoms with Crippen molar-refractivity contribution < 1.29 is 8.42 Å². The van der Waals surface area contributed by atoms with Gasteiger partial charge in [0, 0.05) is 23.2 Å². The number of hydrogen-bond acceptors (Lipinski definition) is 4. The number of fused-ring (bicyclic) bond motifs is 1. The summed E-state index contributed by atoms with van der Waals surface area (Å²) >= 11 is 4.23. The van der Waals surface area contributed by atoms with Crippen LogP contribution in [0.25, 0.3) is 0 Å². The predicted molar refractivity (Wildman–Crippen MR) is 85.0 cm³/mol. The summed E-state index contributed by atoms with van der Waals surface area (Å²) in [4.78, 5) is 1.47.